The molecule has 0 radical (unpaired) electrons. The third kappa shape index (κ3) is 4.78. The Kier molecular flexibility index (Phi) is 5.63. The van der Waals surface area contributed by atoms with Gasteiger partial charge in [0, 0.05) is 17.6 Å². The molecule has 0 fully saturated rings. The van der Waals surface area contributed by atoms with Crippen molar-refractivity contribution < 1.29 is 24.1 Å². The van der Waals surface area contributed by atoms with Crippen molar-refractivity contribution >= 4 is 17.5 Å². The van der Waals surface area contributed by atoms with Crippen LogP contribution in [0.1, 0.15) is 5.56 Å². The minimum absolute atomic E-state index is 0.0476. The number of hydrogen-bond acceptors (Lipinski definition) is 5. The van der Waals surface area contributed by atoms with Gasteiger partial charge in [-0.25, -0.2) is 0 Å². The number of nitrogens with one attached hydrogen (secondary N) is 1. The van der Waals surface area contributed by atoms with Crippen LogP contribution in [0.3, 0.4) is 0 Å². The van der Waals surface area contributed by atoms with Crippen LogP contribution in [0.4, 0.5) is 0 Å². The zero-order valence-corrected chi connectivity index (χ0v) is 14.2. The lowest BCUT2D eigenvalue weighted by molar-refractivity contribution is -0.121. The molecular weight excluding hydrogens is 346 g/mol. The van der Waals surface area contributed by atoms with Crippen LogP contribution in [0.2, 0.25) is 5.02 Å². The molecule has 0 saturated carbocycles. The van der Waals surface area contributed by atoms with Gasteiger partial charge in [0.1, 0.15) is 18.5 Å². The summed E-state index contributed by atoms with van der Waals surface area (Å²) < 4.78 is 16.0. The minimum Gasteiger partial charge on any atom is -0.491 e. The molecule has 132 valence electrons. The lowest BCUT2D eigenvalue weighted by atomic mass is 10.1. The number of amides is 1. The molecule has 25 heavy (non-hydrogen) atoms. The van der Waals surface area contributed by atoms with Crippen molar-refractivity contribution in [3.05, 3.63) is 53.1 Å². The first-order valence-electron chi connectivity index (χ1n) is 7.82. The van der Waals surface area contributed by atoms with Gasteiger partial charge in [0.15, 0.2) is 11.5 Å². The molecule has 3 rings (SSSR count). The Bertz CT molecular complexity index is 752. The Labute approximate surface area is 150 Å². The summed E-state index contributed by atoms with van der Waals surface area (Å²) in [4.78, 5) is 11.9. The number of carbonyl (C=O) groups excluding carboxylic acids is 1. The molecule has 1 aliphatic rings. The highest BCUT2D eigenvalue weighted by molar-refractivity contribution is 6.31. The van der Waals surface area contributed by atoms with Crippen LogP contribution in [0.5, 0.6) is 17.2 Å². The summed E-state index contributed by atoms with van der Waals surface area (Å²) in [5, 5.41) is 13.2. The van der Waals surface area contributed by atoms with Crippen molar-refractivity contribution in [3.8, 4) is 17.2 Å². The number of carbonyl (C=O) groups is 1. The maximum Gasteiger partial charge on any atom is 0.231 e. The average Bonchev–Trinajstić information content (AvgIpc) is 3.08. The molecule has 0 aromatic heterocycles. The van der Waals surface area contributed by atoms with Gasteiger partial charge in [-0.3, -0.25) is 4.79 Å². The second-order valence-corrected chi connectivity index (χ2v) is 5.96. The second kappa shape index (κ2) is 8.09. The largest absolute Gasteiger partial charge is 0.491 e. The Hall–Kier alpha value is -2.44. The van der Waals surface area contributed by atoms with E-state index in [1.807, 2.05) is 6.07 Å². The number of rotatable bonds is 7. The first-order chi connectivity index (χ1) is 12.1. The van der Waals surface area contributed by atoms with Crippen LogP contribution in [0.25, 0.3) is 0 Å². The molecule has 2 aromatic rings. The summed E-state index contributed by atoms with van der Waals surface area (Å²) in [5.41, 5.74) is 0.743. The number of hydrogen-bond donors (Lipinski definition) is 2. The van der Waals surface area contributed by atoms with Crippen molar-refractivity contribution in [1.82, 2.24) is 5.32 Å². The molecule has 1 heterocycles. The molecule has 1 atom stereocenters. The smallest absolute Gasteiger partial charge is 0.231 e. The van der Waals surface area contributed by atoms with Crippen LogP contribution in [-0.4, -0.2) is 37.1 Å². The van der Waals surface area contributed by atoms with Gasteiger partial charge >= 0.3 is 0 Å². The SMILES string of the molecule is O=C(Cc1ccccc1Cl)NC[C@H](O)COc1ccc2c(c1)OCO2. The van der Waals surface area contributed by atoms with E-state index in [2.05, 4.69) is 5.32 Å². The summed E-state index contributed by atoms with van der Waals surface area (Å²) in [6.45, 7) is 0.332. The van der Waals surface area contributed by atoms with Gasteiger partial charge < -0.3 is 24.6 Å². The monoisotopic (exact) mass is 363 g/mol. The lowest BCUT2D eigenvalue weighted by Crippen LogP contribution is -2.36. The molecule has 6 nitrogen and oxygen atoms in total. The quantitative estimate of drug-likeness (QED) is 0.788. The Morgan fingerprint density at radius 1 is 1.24 bits per heavy atom. The zero-order valence-electron chi connectivity index (χ0n) is 13.4. The molecule has 2 aromatic carbocycles. The van der Waals surface area contributed by atoms with E-state index in [4.69, 9.17) is 25.8 Å². The van der Waals surface area contributed by atoms with Crippen LogP contribution >= 0.6 is 11.6 Å². The van der Waals surface area contributed by atoms with Crippen molar-refractivity contribution in [2.75, 3.05) is 19.9 Å². The molecule has 0 aliphatic carbocycles. The first-order valence-corrected chi connectivity index (χ1v) is 8.20. The van der Waals surface area contributed by atoms with Gasteiger partial charge in [-0.05, 0) is 23.8 Å². The van der Waals surface area contributed by atoms with E-state index >= 15 is 0 Å². The van der Waals surface area contributed by atoms with E-state index in [0.29, 0.717) is 22.3 Å². The van der Waals surface area contributed by atoms with Crippen LogP contribution < -0.4 is 19.5 Å². The highest BCUT2D eigenvalue weighted by atomic mass is 35.5. The van der Waals surface area contributed by atoms with E-state index in [-0.39, 0.29) is 32.3 Å². The fourth-order valence-corrected chi connectivity index (χ4v) is 2.53. The van der Waals surface area contributed by atoms with Crippen molar-refractivity contribution in [2.45, 2.75) is 12.5 Å². The Morgan fingerprint density at radius 2 is 2.04 bits per heavy atom. The summed E-state index contributed by atoms with van der Waals surface area (Å²) in [6.07, 6.45) is -0.671. The predicted molar refractivity (Wildman–Crippen MR) is 92.2 cm³/mol. The van der Waals surface area contributed by atoms with Gasteiger partial charge in [-0.15, -0.1) is 0 Å². The minimum atomic E-state index is -0.833. The normalized spacial score (nSPS) is 13.4. The molecule has 0 bridgehead atoms. The molecule has 0 unspecified atom stereocenters. The van der Waals surface area contributed by atoms with E-state index in [9.17, 15) is 9.90 Å². The summed E-state index contributed by atoms with van der Waals surface area (Å²) in [7, 11) is 0. The summed E-state index contributed by atoms with van der Waals surface area (Å²) >= 11 is 6.02. The predicted octanol–water partition coefficient (Wildman–Crippen LogP) is 2.17. The van der Waals surface area contributed by atoms with Crippen LogP contribution in [-0.2, 0) is 11.2 Å². The molecule has 1 amide bonds. The van der Waals surface area contributed by atoms with Gasteiger partial charge in [0.2, 0.25) is 12.7 Å². The van der Waals surface area contributed by atoms with Gasteiger partial charge in [0.25, 0.3) is 0 Å². The van der Waals surface area contributed by atoms with Gasteiger partial charge in [-0.2, -0.15) is 0 Å². The fraction of sp³-hybridized carbons (Fsp3) is 0.278. The maximum atomic E-state index is 11.9. The average molecular weight is 364 g/mol. The molecule has 0 spiro atoms. The molecular formula is C18H18ClNO5. The Morgan fingerprint density at radius 3 is 2.88 bits per heavy atom. The number of benzene rings is 2. The third-order valence-electron chi connectivity index (χ3n) is 3.63. The Balaban J connectivity index is 1.41. The van der Waals surface area contributed by atoms with Crippen molar-refractivity contribution in [2.24, 2.45) is 0 Å². The second-order valence-electron chi connectivity index (χ2n) is 5.55. The third-order valence-corrected chi connectivity index (χ3v) is 4.00. The van der Waals surface area contributed by atoms with E-state index in [1.54, 1.807) is 36.4 Å². The lowest BCUT2D eigenvalue weighted by Gasteiger charge is -2.14. The number of halogens is 1. The topological polar surface area (TPSA) is 77.0 Å². The first kappa shape index (κ1) is 17.4. The van der Waals surface area contributed by atoms with Gasteiger partial charge in [0.05, 0.1) is 6.42 Å². The van der Waals surface area contributed by atoms with Crippen LogP contribution in [0, 0.1) is 0 Å². The molecule has 0 saturated heterocycles. The van der Waals surface area contributed by atoms with Crippen molar-refractivity contribution in [3.63, 3.8) is 0 Å². The molecule has 1 aliphatic heterocycles. The highest BCUT2D eigenvalue weighted by Crippen LogP contribution is 2.35. The standard InChI is InChI=1S/C18H18ClNO5/c19-15-4-2-1-3-12(15)7-18(22)20-9-13(21)10-23-14-5-6-16-17(8-14)25-11-24-16/h1-6,8,13,21H,7,9-11H2,(H,20,22)/t13-/m0/s1. The van der Waals surface area contributed by atoms with E-state index < -0.39 is 6.10 Å². The summed E-state index contributed by atoms with van der Waals surface area (Å²) in [6, 6.07) is 12.3. The number of aliphatic hydroxyl groups excluding tert-OH is 1. The summed E-state index contributed by atoms with van der Waals surface area (Å²) in [5.74, 6) is 1.63. The number of aliphatic hydroxyl groups is 1. The molecule has 2 N–H and O–H groups in total. The fourth-order valence-electron chi connectivity index (χ4n) is 2.33. The van der Waals surface area contributed by atoms with Crippen molar-refractivity contribution in [1.29, 1.82) is 0 Å². The maximum absolute atomic E-state index is 11.9. The number of fused-ring (bicyclic) bond motifs is 1. The van der Waals surface area contributed by atoms with Gasteiger partial charge in [-0.1, -0.05) is 29.8 Å². The zero-order chi connectivity index (χ0) is 17.6. The van der Waals surface area contributed by atoms with E-state index in [1.165, 1.54) is 0 Å². The van der Waals surface area contributed by atoms with E-state index in [0.717, 1.165) is 5.56 Å². The highest BCUT2D eigenvalue weighted by Gasteiger charge is 2.15. The number of ether oxygens (including phenoxy) is 3. The van der Waals surface area contributed by atoms with Crippen LogP contribution in [0.15, 0.2) is 42.5 Å². The molecule has 7 heteroatoms.